The second kappa shape index (κ2) is 6.60. The van der Waals surface area contributed by atoms with Crippen LogP contribution in [-0.2, 0) is 0 Å². The number of carbonyl (C=O) groups excluding carboxylic acids is 1. The van der Waals surface area contributed by atoms with Crippen LogP contribution in [0.3, 0.4) is 0 Å². The van der Waals surface area contributed by atoms with Gasteiger partial charge < -0.3 is 14.8 Å². The van der Waals surface area contributed by atoms with Crippen LogP contribution >= 0.6 is 0 Å². The number of aromatic amines is 1. The third-order valence-corrected chi connectivity index (χ3v) is 6.46. The summed E-state index contributed by atoms with van der Waals surface area (Å²) in [6, 6.07) is 8.63. The van der Waals surface area contributed by atoms with Gasteiger partial charge >= 0.3 is 0 Å². The van der Waals surface area contributed by atoms with Gasteiger partial charge in [-0.15, -0.1) is 0 Å². The molecule has 5 heterocycles. The van der Waals surface area contributed by atoms with Crippen LogP contribution in [0.5, 0.6) is 0 Å². The molecule has 2 aliphatic heterocycles. The second-order valence-corrected chi connectivity index (χ2v) is 8.40. The Morgan fingerprint density at radius 1 is 1.03 bits per heavy atom. The molecule has 4 aromatic rings. The first-order valence-corrected chi connectivity index (χ1v) is 10.4. The highest BCUT2D eigenvalue weighted by atomic mass is 16.2. The number of amides is 1. The van der Waals surface area contributed by atoms with Gasteiger partial charge in [-0.1, -0.05) is 6.07 Å². The third-order valence-electron chi connectivity index (χ3n) is 6.46. The molecule has 150 valence electrons. The Labute approximate surface area is 173 Å². The van der Waals surface area contributed by atoms with Crippen molar-refractivity contribution in [3.05, 3.63) is 54.6 Å². The molecule has 7 heteroatoms. The van der Waals surface area contributed by atoms with Gasteiger partial charge in [0.15, 0.2) is 0 Å². The number of rotatable bonds is 2. The first kappa shape index (κ1) is 17.5. The molecule has 2 unspecified atom stereocenters. The fourth-order valence-corrected chi connectivity index (χ4v) is 5.08. The molecule has 6 rings (SSSR count). The lowest BCUT2D eigenvalue weighted by Crippen LogP contribution is -2.54. The number of carbonyl (C=O) groups is 1. The van der Waals surface area contributed by atoms with Crippen LogP contribution in [0.1, 0.15) is 23.2 Å². The van der Waals surface area contributed by atoms with E-state index in [0.717, 1.165) is 59.1 Å². The zero-order valence-electron chi connectivity index (χ0n) is 16.7. The summed E-state index contributed by atoms with van der Waals surface area (Å²) >= 11 is 0. The van der Waals surface area contributed by atoms with Crippen molar-refractivity contribution in [3.8, 4) is 11.1 Å². The molecule has 7 nitrogen and oxygen atoms in total. The van der Waals surface area contributed by atoms with Crippen molar-refractivity contribution in [2.45, 2.75) is 24.9 Å². The number of nitrogens with one attached hydrogen (secondary N) is 1. The molecule has 0 radical (unpaired) electrons. The van der Waals surface area contributed by atoms with Crippen molar-refractivity contribution in [3.63, 3.8) is 0 Å². The van der Waals surface area contributed by atoms with Gasteiger partial charge in [0, 0.05) is 60.9 Å². The maximum Gasteiger partial charge on any atom is 0.256 e. The topological polar surface area (TPSA) is 78.0 Å². The maximum absolute atomic E-state index is 13.4. The van der Waals surface area contributed by atoms with E-state index in [2.05, 4.69) is 36.8 Å². The number of likely N-dealkylation sites (N-methyl/N-ethyl adjacent to an activating group) is 1. The van der Waals surface area contributed by atoms with E-state index < -0.39 is 0 Å². The minimum Gasteiger partial charge on any atom is -0.346 e. The zero-order chi connectivity index (χ0) is 20.2. The van der Waals surface area contributed by atoms with Gasteiger partial charge in [-0.05, 0) is 43.7 Å². The van der Waals surface area contributed by atoms with Crippen molar-refractivity contribution in [1.82, 2.24) is 29.7 Å². The zero-order valence-corrected chi connectivity index (χ0v) is 16.7. The summed E-state index contributed by atoms with van der Waals surface area (Å²) in [7, 11) is 2.14. The lowest BCUT2D eigenvalue weighted by molar-refractivity contribution is 0.0472. The van der Waals surface area contributed by atoms with E-state index in [1.807, 2.05) is 30.5 Å². The molecule has 2 atom stereocenters. The number of nitrogens with zero attached hydrogens (tertiary/aromatic N) is 5. The first-order valence-electron chi connectivity index (χ1n) is 10.4. The number of aromatic nitrogens is 4. The van der Waals surface area contributed by atoms with Crippen molar-refractivity contribution in [2.24, 2.45) is 0 Å². The summed E-state index contributed by atoms with van der Waals surface area (Å²) in [5.41, 5.74) is 5.19. The molecule has 2 saturated heterocycles. The number of hydrogen-bond acceptors (Lipinski definition) is 5. The number of fused-ring (bicyclic) bond motifs is 4. The van der Waals surface area contributed by atoms with E-state index in [9.17, 15) is 4.79 Å². The quantitative estimate of drug-likeness (QED) is 0.561. The van der Waals surface area contributed by atoms with Gasteiger partial charge in [0.1, 0.15) is 5.65 Å². The predicted octanol–water partition coefficient (Wildman–Crippen LogP) is 3.09. The molecule has 2 bridgehead atoms. The smallest absolute Gasteiger partial charge is 0.256 e. The van der Waals surface area contributed by atoms with Crippen molar-refractivity contribution >= 4 is 28.0 Å². The van der Waals surface area contributed by atoms with Gasteiger partial charge in [-0.25, -0.2) is 4.98 Å². The van der Waals surface area contributed by atoms with Crippen LogP contribution in [0.2, 0.25) is 0 Å². The minimum atomic E-state index is 0.0986. The van der Waals surface area contributed by atoms with Gasteiger partial charge in [-0.3, -0.25) is 14.8 Å². The summed E-state index contributed by atoms with van der Waals surface area (Å²) < 4.78 is 0. The maximum atomic E-state index is 13.4. The lowest BCUT2D eigenvalue weighted by Gasteiger charge is -2.39. The van der Waals surface area contributed by atoms with Gasteiger partial charge in [0.2, 0.25) is 0 Å². The summed E-state index contributed by atoms with van der Waals surface area (Å²) in [6.45, 7) is 1.90. The molecular formula is C23H22N6O. The summed E-state index contributed by atoms with van der Waals surface area (Å²) in [6.07, 6.45) is 9.22. The Bertz CT molecular complexity index is 1270. The molecule has 3 aromatic heterocycles. The molecule has 0 spiro atoms. The highest BCUT2D eigenvalue weighted by Gasteiger charge is 2.41. The van der Waals surface area contributed by atoms with Crippen LogP contribution in [0, 0.1) is 0 Å². The van der Waals surface area contributed by atoms with E-state index in [-0.39, 0.29) is 5.91 Å². The van der Waals surface area contributed by atoms with E-state index in [0.29, 0.717) is 17.6 Å². The Balaban J connectivity index is 1.40. The number of H-pyrrole nitrogens is 1. The van der Waals surface area contributed by atoms with Crippen molar-refractivity contribution in [2.75, 3.05) is 20.1 Å². The lowest BCUT2D eigenvalue weighted by atomic mass is 10.0. The molecular weight excluding hydrogens is 376 g/mol. The van der Waals surface area contributed by atoms with E-state index in [1.54, 1.807) is 18.6 Å². The van der Waals surface area contributed by atoms with Gasteiger partial charge in [-0.2, -0.15) is 0 Å². The van der Waals surface area contributed by atoms with Gasteiger partial charge in [0.05, 0.1) is 16.6 Å². The fraction of sp³-hybridized carbons (Fsp3) is 0.304. The summed E-state index contributed by atoms with van der Waals surface area (Å²) in [5.74, 6) is 0.0986. The molecule has 2 fully saturated rings. The number of likely N-dealkylation sites (tertiary alicyclic amines) is 1. The molecule has 1 N–H and O–H groups in total. The minimum absolute atomic E-state index is 0.0986. The number of piperazine rings is 1. The van der Waals surface area contributed by atoms with Crippen LogP contribution < -0.4 is 0 Å². The number of hydrogen-bond donors (Lipinski definition) is 1. The highest BCUT2D eigenvalue weighted by Crippen LogP contribution is 2.33. The second-order valence-electron chi connectivity index (χ2n) is 8.40. The SMILES string of the molecule is CN1CC2CCC(C1)N2C(=O)c1cnc2[nH]cc(-c3ccc4nccnc4c3)c2c1. The largest absolute Gasteiger partial charge is 0.346 e. The number of benzene rings is 1. The van der Waals surface area contributed by atoms with Crippen LogP contribution in [0.15, 0.2) is 49.1 Å². The summed E-state index contributed by atoms with van der Waals surface area (Å²) in [4.78, 5) is 34.4. The Morgan fingerprint density at radius 3 is 2.60 bits per heavy atom. The average Bonchev–Trinajstić information content (AvgIpc) is 3.31. The molecule has 1 amide bonds. The Kier molecular flexibility index (Phi) is 3.86. The van der Waals surface area contributed by atoms with Crippen LogP contribution in [0.25, 0.3) is 33.2 Å². The summed E-state index contributed by atoms with van der Waals surface area (Å²) in [5, 5.41) is 0.950. The molecule has 30 heavy (non-hydrogen) atoms. The molecule has 2 aliphatic rings. The number of pyridine rings is 1. The van der Waals surface area contributed by atoms with Gasteiger partial charge in [0.25, 0.3) is 5.91 Å². The van der Waals surface area contributed by atoms with E-state index >= 15 is 0 Å². The van der Waals surface area contributed by atoms with E-state index in [4.69, 9.17) is 0 Å². The van der Waals surface area contributed by atoms with Crippen LogP contribution in [0.4, 0.5) is 0 Å². The van der Waals surface area contributed by atoms with Crippen molar-refractivity contribution < 1.29 is 4.79 Å². The predicted molar refractivity (Wildman–Crippen MR) is 115 cm³/mol. The fourth-order valence-electron chi connectivity index (χ4n) is 5.08. The Morgan fingerprint density at radius 2 is 1.80 bits per heavy atom. The monoisotopic (exact) mass is 398 g/mol. The average molecular weight is 398 g/mol. The van der Waals surface area contributed by atoms with Crippen molar-refractivity contribution in [1.29, 1.82) is 0 Å². The van der Waals surface area contributed by atoms with Crippen LogP contribution in [-0.4, -0.2) is 67.9 Å². The molecule has 0 saturated carbocycles. The normalized spacial score (nSPS) is 21.6. The van der Waals surface area contributed by atoms with E-state index in [1.165, 1.54) is 0 Å². The molecule has 1 aromatic carbocycles. The standard InChI is InChI=1S/C23H22N6O/c1-28-12-16-3-4-17(13-28)29(16)23(30)15-8-18-19(11-27-22(18)26-10-15)14-2-5-20-21(9-14)25-7-6-24-20/h2,5-11,16-17H,3-4,12-13H2,1H3,(H,26,27). The highest BCUT2D eigenvalue weighted by molar-refractivity contribution is 6.02. The third kappa shape index (κ3) is 2.69. The Hall–Kier alpha value is -3.32. The molecule has 0 aliphatic carbocycles. The first-order chi connectivity index (χ1) is 14.7.